The standard InChI is InChI=1S/C21H19N3O4S/c1-12-22-19-14-6-4-5-7-17(14)29-20(19)21(26)24(12)11-18(25)23-13-8-9-15(27-2)16(10-13)28-3/h4-10H,11H2,1-3H3,(H,23,25). The number of nitrogens with one attached hydrogen (secondary N) is 1. The molecule has 7 nitrogen and oxygen atoms in total. The van der Waals surface area contributed by atoms with Gasteiger partial charge in [-0.25, -0.2) is 4.98 Å². The predicted octanol–water partition coefficient (Wildman–Crippen LogP) is 3.58. The van der Waals surface area contributed by atoms with Gasteiger partial charge in [-0.2, -0.15) is 0 Å². The Bertz CT molecular complexity index is 1290. The van der Waals surface area contributed by atoms with Crippen LogP contribution in [0.1, 0.15) is 5.82 Å². The van der Waals surface area contributed by atoms with Gasteiger partial charge in [0.2, 0.25) is 5.91 Å². The molecular formula is C21H19N3O4S. The molecule has 1 N–H and O–H groups in total. The van der Waals surface area contributed by atoms with Gasteiger partial charge < -0.3 is 14.8 Å². The van der Waals surface area contributed by atoms with Crippen molar-refractivity contribution in [3.8, 4) is 11.5 Å². The van der Waals surface area contributed by atoms with Crippen molar-refractivity contribution in [1.29, 1.82) is 0 Å². The van der Waals surface area contributed by atoms with E-state index < -0.39 is 0 Å². The molecule has 4 aromatic rings. The van der Waals surface area contributed by atoms with Crippen molar-refractivity contribution in [2.45, 2.75) is 13.5 Å². The second-order valence-corrected chi connectivity index (χ2v) is 7.50. The first-order valence-electron chi connectivity index (χ1n) is 8.92. The number of rotatable bonds is 5. The van der Waals surface area contributed by atoms with E-state index in [4.69, 9.17) is 9.47 Å². The zero-order valence-electron chi connectivity index (χ0n) is 16.2. The van der Waals surface area contributed by atoms with Gasteiger partial charge in [0.1, 0.15) is 17.1 Å². The number of aromatic nitrogens is 2. The molecule has 0 aliphatic carbocycles. The summed E-state index contributed by atoms with van der Waals surface area (Å²) in [6.07, 6.45) is 0. The fourth-order valence-electron chi connectivity index (χ4n) is 3.22. The first kappa shape index (κ1) is 18.9. The summed E-state index contributed by atoms with van der Waals surface area (Å²) in [6.45, 7) is 1.60. The third-order valence-electron chi connectivity index (χ3n) is 4.64. The molecule has 2 heterocycles. The molecule has 0 unspecified atom stereocenters. The molecule has 8 heteroatoms. The van der Waals surface area contributed by atoms with Crippen LogP contribution in [0.3, 0.4) is 0 Å². The quantitative estimate of drug-likeness (QED) is 0.545. The van der Waals surface area contributed by atoms with E-state index in [0.29, 0.717) is 33.2 Å². The zero-order valence-corrected chi connectivity index (χ0v) is 17.0. The molecule has 0 saturated carbocycles. The maximum atomic E-state index is 13.0. The van der Waals surface area contributed by atoms with E-state index in [1.54, 1.807) is 32.2 Å². The van der Waals surface area contributed by atoms with Crippen LogP contribution in [-0.4, -0.2) is 29.7 Å². The molecule has 29 heavy (non-hydrogen) atoms. The van der Waals surface area contributed by atoms with Gasteiger partial charge in [0.25, 0.3) is 5.56 Å². The Hall–Kier alpha value is -3.39. The van der Waals surface area contributed by atoms with Gasteiger partial charge in [-0.1, -0.05) is 18.2 Å². The van der Waals surface area contributed by atoms with E-state index >= 15 is 0 Å². The van der Waals surface area contributed by atoms with E-state index in [0.717, 1.165) is 10.1 Å². The van der Waals surface area contributed by atoms with Crippen LogP contribution in [0.5, 0.6) is 11.5 Å². The highest BCUT2D eigenvalue weighted by Gasteiger charge is 2.16. The summed E-state index contributed by atoms with van der Waals surface area (Å²) in [6, 6.07) is 12.9. The number of thiophene rings is 1. The minimum Gasteiger partial charge on any atom is -0.493 e. The molecule has 0 spiro atoms. The molecule has 0 bridgehead atoms. The van der Waals surface area contributed by atoms with Crippen molar-refractivity contribution in [3.05, 3.63) is 58.6 Å². The monoisotopic (exact) mass is 409 g/mol. The van der Waals surface area contributed by atoms with Gasteiger partial charge in [-0.05, 0) is 25.1 Å². The Morgan fingerprint density at radius 1 is 1.14 bits per heavy atom. The number of aryl methyl sites for hydroxylation is 1. The Labute approximate surface area is 170 Å². The predicted molar refractivity (Wildman–Crippen MR) is 114 cm³/mol. The van der Waals surface area contributed by atoms with Crippen molar-refractivity contribution in [1.82, 2.24) is 9.55 Å². The van der Waals surface area contributed by atoms with Crippen LogP contribution in [0.4, 0.5) is 5.69 Å². The second-order valence-electron chi connectivity index (χ2n) is 6.44. The van der Waals surface area contributed by atoms with Gasteiger partial charge in [-0.15, -0.1) is 11.3 Å². The summed E-state index contributed by atoms with van der Waals surface area (Å²) >= 11 is 1.39. The van der Waals surface area contributed by atoms with E-state index in [1.807, 2.05) is 24.3 Å². The van der Waals surface area contributed by atoms with E-state index in [2.05, 4.69) is 10.3 Å². The highest BCUT2D eigenvalue weighted by molar-refractivity contribution is 7.25. The minimum absolute atomic E-state index is 0.129. The molecule has 0 atom stereocenters. The smallest absolute Gasteiger partial charge is 0.272 e. The molecule has 0 aliphatic rings. The summed E-state index contributed by atoms with van der Waals surface area (Å²) in [5.41, 5.74) is 1.02. The topological polar surface area (TPSA) is 82.5 Å². The molecule has 0 fully saturated rings. The minimum atomic E-state index is -0.329. The second kappa shape index (κ2) is 7.56. The number of carbonyl (C=O) groups is 1. The fourth-order valence-corrected chi connectivity index (χ4v) is 4.31. The number of ether oxygens (including phenoxy) is 2. The van der Waals surface area contributed by atoms with Crippen LogP contribution < -0.4 is 20.3 Å². The third-order valence-corrected chi connectivity index (χ3v) is 5.79. The average molecular weight is 409 g/mol. The number of hydrogen-bond acceptors (Lipinski definition) is 6. The number of fused-ring (bicyclic) bond motifs is 3. The molecule has 0 radical (unpaired) electrons. The maximum Gasteiger partial charge on any atom is 0.272 e. The van der Waals surface area contributed by atoms with Crippen molar-refractivity contribution in [2.24, 2.45) is 0 Å². The summed E-state index contributed by atoms with van der Waals surface area (Å²) in [4.78, 5) is 30.2. The first-order valence-corrected chi connectivity index (χ1v) is 9.74. The lowest BCUT2D eigenvalue weighted by Crippen LogP contribution is -2.29. The molecule has 0 saturated heterocycles. The Morgan fingerprint density at radius 2 is 1.90 bits per heavy atom. The number of carbonyl (C=O) groups excluding carboxylic acids is 1. The molecule has 4 rings (SSSR count). The summed E-state index contributed by atoms with van der Waals surface area (Å²) in [5, 5.41) is 3.74. The number of hydrogen-bond donors (Lipinski definition) is 1. The van der Waals surface area contributed by atoms with E-state index in [-0.39, 0.29) is 18.0 Å². The lowest BCUT2D eigenvalue weighted by molar-refractivity contribution is -0.116. The van der Waals surface area contributed by atoms with Gasteiger partial charge >= 0.3 is 0 Å². The fraction of sp³-hybridized carbons (Fsp3) is 0.190. The molecular weight excluding hydrogens is 390 g/mol. The summed E-state index contributed by atoms with van der Waals surface area (Å²) in [7, 11) is 3.07. The Morgan fingerprint density at radius 3 is 2.66 bits per heavy atom. The molecule has 148 valence electrons. The number of amides is 1. The molecule has 1 amide bonds. The highest BCUT2D eigenvalue weighted by atomic mass is 32.1. The number of benzene rings is 2. The molecule has 2 aromatic carbocycles. The lowest BCUT2D eigenvalue weighted by atomic mass is 10.2. The van der Waals surface area contributed by atoms with Gasteiger partial charge in [0.15, 0.2) is 11.5 Å². The van der Waals surface area contributed by atoms with E-state index in [9.17, 15) is 9.59 Å². The maximum absolute atomic E-state index is 13.0. The highest BCUT2D eigenvalue weighted by Crippen LogP contribution is 2.31. The van der Waals surface area contributed by atoms with Crippen LogP contribution in [0, 0.1) is 6.92 Å². The number of anilines is 1. The van der Waals surface area contributed by atoms with Gasteiger partial charge in [0.05, 0.1) is 19.7 Å². The average Bonchev–Trinajstić information content (AvgIpc) is 3.09. The zero-order chi connectivity index (χ0) is 20.5. The van der Waals surface area contributed by atoms with E-state index in [1.165, 1.54) is 23.0 Å². The third kappa shape index (κ3) is 3.42. The van der Waals surface area contributed by atoms with Crippen LogP contribution in [0.25, 0.3) is 20.3 Å². The Kier molecular flexibility index (Phi) is 4.94. The van der Waals surface area contributed by atoms with Crippen molar-refractivity contribution in [2.75, 3.05) is 19.5 Å². The van der Waals surface area contributed by atoms with Crippen LogP contribution in [0.15, 0.2) is 47.3 Å². The van der Waals surface area contributed by atoms with Gasteiger partial charge in [-0.3, -0.25) is 14.2 Å². The molecule has 0 aliphatic heterocycles. The lowest BCUT2D eigenvalue weighted by Gasteiger charge is -2.12. The van der Waals surface area contributed by atoms with Crippen LogP contribution in [-0.2, 0) is 11.3 Å². The Balaban J connectivity index is 1.64. The normalized spacial score (nSPS) is 11.0. The SMILES string of the molecule is COc1ccc(NC(=O)Cn2c(C)nc3c(sc4ccccc43)c2=O)cc1OC. The largest absolute Gasteiger partial charge is 0.493 e. The number of nitrogens with zero attached hydrogens (tertiary/aromatic N) is 2. The summed E-state index contributed by atoms with van der Waals surface area (Å²) in [5.74, 6) is 1.24. The van der Waals surface area contributed by atoms with Crippen molar-refractivity contribution >= 4 is 43.2 Å². The van der Waals surface area contributed by atoms with Crippen LogP contribution in [0.2, 0.25) is 0 Å². The van der Waals surface area contributed by atoms with Gasteiger partial charge in [0, 0.05) is 21.8 Å². The van der Waals surface area contributed by atoms with Crippen LogP contribution >= 0.6 is 11.3 Å². The van der Waals surface area contributed by atoms with Crippen molar-refractivity contribution in [3.63, 3.8) is 0 Å². The van der Waals surface area contributed by atoms with Crippen molar-refractivity contribution < 1.29 is 14.3 Å². The number of methoxy groups -OCH3 is 2. The summed E-state index contributed by atoms with van der Waals surface area (Å²) < 4.78 is 13.4. The molecule has 2 aromatic heterocycles. The first-order chi connectivity index (χ1) is 14.0.